The molecule has 0 saturated carbocycles. The fourth-order valence-corrected chi connectivity index (χ4v) is 3.46. The van der Waals surface area contributed by atoms with Crippen LogP contribution in [0.1, 0.15) is 32.9 Å². The Kier molecular flexibility index (Phi) is 4.65. The van der Waals surface area contributed by atoms with Gasteiger partial charge < -0.3 is 9.88 Å². The Morgan fingerprint density at radius 3 is 2.79 bits per heavy atom. The van der Waals surface area contributed by atoms with Crippen LogP contribution in [0.15, 0.2) is 49.1 Å². The summed E-state index contributed by atoms with van der Waals surface area (Å²) in [4.78, 5) is 21.5. The van der Waals surface area contributed by atoms with E-state index in [1.165, 1.54) is 0 Å². The second-order valence-electron chi connectivity index (χ2n) is 6.96. The molecule has 0 saturated heterocycles. The van der Waals surface area contributed by atoms with Crippen molar-refractivity contribution in [1.29, 1.82) is 0 Å². The van der Waals surface area contributed by atoms with Gasteiger partial charge >= 0.3 is 0 Å². The van der Waals surface area contributed by atoms with E-state index in [9.17, 15) is 4.79 Å². The number of imidazole rings is 1. The zero-order valence-electron chi connectivity index (χ0n) is 16.2. The summed E-state index contributed by atoms with van der Waals surface area (Å²) in [5.74, 6) is -0.119. The third kappa shape index (κ3) is 3.51. The van der Waals surface area contributed by atoms with E-state index in [1.807, 2.05) is 49.9 Å². The second-order valence-corrected chi connectivity index (χ2v) is 6.96. The number of carbonyl (C=O) groups excluding carboxylic acids is 1. The molecule has 0 atom stereocenters. The number of nitrogens with one attached hydrogen (secondary N) is 1. The van der Waals surface area contributed by atoms with Gasteiger partial charge in [0, 0.05) is 38.2 Å². The van der Waals surface area contributed by atoms with Gasteiger partial charge in [-0.25, -0.2) is 9.97 Å². The lowest BCUT2D eigenvalue weighted by Crippen LogP contribution is -2.23. The number of hydrogen-bond acceptors (Lipinski definition) is 4. The van der Waals surface area contributed by atoms with Crippen LogP contribution in [0, 0.1) is 13.8 Å². The lowest BCUT2D eigenvalue weighted by molar-refractivity contribution is 0.0952. The third-order valence-electron chi connectivity index (χ3n) is 4.71. The molecule has 28 heavy (non-hydrogen) atoms. The molecule has 0 bridgehead atoms. The van der Waals surface area contributed by atoms with Crippen LogP contribution in [0.25, 0.3) is 11.0 Å². The highest BCUT2D eigenvalue weighted by atomic mass is 16.1. The van der Waals surface area contributed by atoms with Crippen molar-refractivity contribution in [3.8, 4) is 0 Å². The van der Waals surface area contributed by atoms with Crippen LogP contribution in [-0.4, -0.2) is 30.2 Å². The summed E-state index contributed by atoms with van der Waals surface area (Å²) < 4.78 is 3.73. The van der Waals surface area contributed by atoms with E-state index in [4.69, 9.17) is 0 Å². The Labute approximate surface area is 163 Å². The maximum absolute atomic E-state index is 12.9. The summed E-state index contributed by atoms with van der Waals surface area (Å²) in [5, 5.41) is 8.25. The molecule has 142 valence electrons. The number of aryl methyl sites for hydroxylation is 3. The number of aromatic nitrogens is 5. The lowest BCUT2D eigenvalue weighted by Gasteiger charge is -2.09. The number of nitrogens with zero attached hydrogens (tertiary/aromatic N) is 5. The van der Waals surface area contributed by atoms with E-state index in [2.05, 4.69) is 32.5 Å². The summed E-state index contributed by atoms with van der Waals surface area (Å²) >= 11 is 0. The van der Waals surface area contributed by atoms with Crippen molar-refractivity contribution < 1.29 is 4.79 Å². The number of fused-ring (bicyclic) bond motifs is 1. The van der Waals surface area contributed by atoms with Crippen molar-refractivity contribution in [3.05, 3.63) is 77.1 Å². The van der Waals surface area contributed by atoms with Crippen LogP contribution in [0.4, 0.5) is 0 Å². The first-order valence-corrected chi connectivity index (χ1v) is 9.14. The number of carbonyl (C=O) groups is 1. The summed E-state index contributed by atoms with van der Waals surface area (Å²) in [6.07, 6.45) is 5.49. The summed E-state index contributed by atoms with van der Waals surface area (Å²) in [6, 6.07) is 10.0. The molecule has 4 rings (SSSR count). The maximum atomic E-state index is 12.9. The van der Waals surface area contributed by atoms with Gasteiger partial charge in [-0.05, 0) is 31.0 Å². The molecular formula is C21H22N6O. The molecule has 0 fully saturated rings. The van der Waals surface area contributed by atoms with Crippen LogP contribution in [0.3, 0.4) is 0 Å². The third-order valence-corrected chi connectivity index (χ3v) is 4.71. The Hall–Kier alpha value is -3.48. The van der Waals surface area contributed by atoms with Gasteiger partial charge in [0.25, 0.3) is 5.91 Å². The molecule has 1 amide bonds. The van der Waals surface area contributed by atoms with Crippen LogP contribution in [-0.2, 0) is 20.1 Å². The molecule has 7 heteroatoms. The average Bonchev–Trinajstić information content (AvgIpc) is 3.27. The van der Waals surface area contributed by atoms with Crippen LogP contribution < -0.4 is 5.32 Å². The molecule has 0 radical (unpaired) electrons. The molecule has 0 aliphatic heterocycles. The Balaban J connectivity index is 1.53. The SMILES string of the molecule is Cc1cc(C(=O)NCc2cccc(Cn3ccnc3)c2)c2c(C)nn(C)c2n1. The molecule has 0 aliphatic rings. The smallest absolute Gasteiger partial charge is 0.252 e. The molecule has 1 aromatic carbocycles. The van der Waals surface area contributed by atoms with Gasteiger partial charge in [0.15, 0.2) is 5.65 Å². The van der Waals surface area contributed by atoms with Crippen molar-refractivity contribution in [1.82, 2.24) is 29.6 Å². The van der Waals surface area contributed by atoms with E-state index >= 15 is 0 Å². The summed E-state index contributed by atoms with van der Waals surface area (Å²) in [7, 11) is 1.84. The van der Waals surface area contributed by atoms with Crippen molar-refractivity contribution in [2.45, 2.75) is 26.9 Å². The molecule has 3 aromatic heterocycles. The normalized spacial score (nSPS) is 11.1. The predicted octanol–water partition coefficient (Wildman–Crippen LogP) is 2.76. The summed E-state index contributed by atoms with van der Waals surface area (Å²) in [6.45, 7) is 4.99. The number of amides is 1. The number of rotatable bonds is 5. The standard InChI is InChI=1S/C21H22N6O/c1-14-9-18(19-15(2)25-26(3)20(19)24-14)21(28)23-11-16-5-4-6-17(10-16)12-27-8-7-22-13-27/h4-10,13H,11-12H2,1-3H3,(H,23,28). The Morgan fingerprint density at radius 2 is 2.00 bits per heavy atom. The minimum atomic E-state index is -0.119. The first-order valence-electron chi connectivity index (χ1n) is 9.14. The number of benzene rings is 1. The van der Waals surface area contributed by atoms with Crippen molar-refractivity contribution in [3.63, 3.8) is 0 Å². The predicted molar refractivity (Wildman–Crippen MR) is 107 cm³/mol. The molecule has 1 N–H and O–H groups in total. The molecule has 7 nitrogen and oxygen atoms in total. The molecule has 0 unspecified atom stereocenters. The average molecular weight is 374 g/mol. The van der Waals surface area contributed by atoms with E-state index in [0.29, 0.717) is 12.1 Å². The number of pyridine rings is 1. The first-order chi connectivity index (χ1) is 13.5. The largest absolute Gasteiger partial charge is 0.348 e. The molecule has 3 heterocycles. The van der Waals surface area contributed by atoms with Gasteiger partial charge in [-0.3, -0.25) is 9.48 Å². The molecule has 0 aliphatic carbocycles. The monoisotopic (exact) mass is 374 g/mol. The number of hydrogen-bond donors (Lipinski definition) is 1. The van der Waals surface area contributed by atoms with Gasteiger partial charge in [-0.15, -0.1) is 0 Å². The van der Waals surface area contributed by atoms with E-state index in [0.717, 1.165) is 40.1 Å². The maximum Gasteiger partial charge on any atom is 0.252 e. The topological polar surface area (TPSA) is 77.6 Å². The Bertz CT molecular complexity index is 1140. The Morgan fingerprint density at radius 1 is 1.18 bits per heavy atom. The fraction of sp³-hybridized carbons (Fsp3) is 0.238. The van der Waals surface area contributed by atoms with Crippen LogP contribution >= 0.6 is 0 Å². The quantitative estimate of drug-likeness (QED) is 0.583. The van der Waals surface area contributed by atoms with Gasteiger partial charge in [-0.1, -0.05) is 24.3 Å². The minimum absolute atomic E-state index is 0.119. The molecule has 4 aromatic rings. The van der Waals surface area contributed by atoms with Crippen LogP contribution in [0.2, 0.25) is 0 Å². The van der Waals surface area contributed by atoms with Gasteiger partial charge in [0.2, 0.25) is 0 Å². The van der Waals surface area contributed by atoms with Crippen molar-refractivity contribution in [2.24, 2.45) is 7.05 Å². The highest BCUT2D eigenvalue weighted by Crippen LogP contribution is 2.21. The zero-order valence-corrected chi connectivity index (χ0v) is 16.2. The van der Waals surface area contributed by atoms with E-state index in [-0.39, 0.29) is 5.91 Å². The van der Waals surface area contributed by atoms with Gasteiger partial charge in [0.05, 0.1) is 23.0 Å². The van der Waals surface area contributed by atoms with E-state index in [1.54, 1.807) is 17.2 Å². The highest BCUT2D eigenvalue weighted by molar-refractivity contribution is 6.06. The van der Waals surface area contributed by atoms with E-state index < -0.39 is 0 Å². The first kappa shape index (κ1) is 17.9. The minimum Gasteiger partial charge on any atom is -0.348 e. The highest BCUT2D eigenvalue weighted by Gasteiger charge is 2.17. The van der Waals surface area contributed by atoms with Crippen LogP contribution in [0.5, 0.6) is 0 Å². The lowest BCUT2D eigenvalue weighted by atomic mass is 10.1. The zero-order chi connectivity index (χ0) is 19.7. The van der Waals surface area contributed by atoms with Gasteiger partial charge in [-0.2, -0.15) is 5.10 Å². The molecular weight excluding hydrogens is 352 g/mol. The summed E-state index contributed by atoms with van der Waals surface area (Å²) in [5.41, 5.74) is 5.15. The van der Waals surface area contributed by atoms with Crippen molar-refractivity contribution >= 4 is 16.9 Å². The second kappa shape index (κ2) is 7.26. The van der Waals surface area contributed by atoms with Crippen molar-refractivity contribution in [2.75, 3.05) is 0 Å². The van der Waals surface area contributed by atoms with Gasteiger partial charge in [0.1, 0.15) is 0 Å². The molecule has 0 spiro atoms. The fourth-order valence-electron chi connectivity index (χ4n) is 3.46.